The summed E-state index contributed by atoms with van der Waals surface area (Å²) in [6, 6.07) is 11.3. The number of halogens is 1. The van der Waals surface area contributed by atoms with Crippen LogP contribution in [0.5, 0.6) is 0 Å². The predicted molar refractivity (Wildman–Crippen MR) is 118 cm³/mol. The average molecular weight is 421 g/mol. The number of amides is 2. The topological polar surface area (TPSA) is 76.3 Å². The number of aliphatic imine (C=N–C) groups is 1. The first kappa shape index (κ1) is 20.0. The largest absolute Gasteiger partial charge is 0.296 e. The zero-order valence-corrected chi connectivity index (χ0v) is 17.7. The molecule has 6 nitrogen and oxygen atoms in total. The lowest BCUT2D eigenvalue weighted by molar-refractivity contribution is 0.0879. The van der Waals surface area contributed by atoms with E-state index >= 15 is 0 Å². The van der Waals surface area contributed by atoms with Crippen LogP contribution in [0.25, 0.3) is 11.1 Å². The Bertz CT molecular complexity index is 1210. The summed E-state index contributed by atoms with van der Waals surface area (Å²) in [7, 11) is 1.71. The fourth-order valence-electron chi connectivity index (χ4n) is 3.91. The Morgan fingerprint density at radius 3 is 2.60 bits per heavy atom. The SMILES string of the molecule is CCc1c(-c2ccc(C=NC)c(Cl)c2)c(C)nn1Cc1ccc2c(c1)C(=O)NC2=O. The Balaban J connectivity index is 1.72. The molecule has 1 aliphatic rings. The molecule has 2 aromatic carbocycles. The monoisotopic (exact) mass is 420 g/mol. The summed E-state index contributed by atoms with van der Waals surface area (Å²) in [6.45, 7) is 4.58. The number of carbonyl (C=O) groups excluding carboxylic acids is 2. The molecule has 30 heavy (non-hydrogen) atoms. The van der Waals surface area contributed by atoms with Crippen LogP contribution in [-0.2, 0) is 13.0 Å². The zero-order valence-electron chi connectivity index (χ0n) is 17.0. The standard InChI is InChI=1S/C23H21ClN4O2/c1-4-20-21(15-6-7-16(11-25-3)19(24)10-15)13(2)27-28(20)12-14-5-8-17-18(9-14)23(30)26-22(17)29/h5-11H,4,12H2,1-3H3,(H,26,29,30). The van der Waals surface area contributed by atoms with Gasteiger partial charge in [-0.15, -0.1) is 0 Å². The lowest BCUT2D eigenvalue weighted by atomic mass is 10.0. The molecule has 0 bridgehead atoms. The minimum absolute atomic E-state index is 0.346. The van der Waals surface area contributed by atoms with Gasteiger partial charge in [-0.3, -0.25) is 24.6 Å². The van der Waals surface area contributed by atoms with E-state index in [4.69, 9.17) is 16.7 Å². The van der Waals surface area contributed by atoms with Gasteiger partial charge in [-0.25, -0.2) is 0 Å². The minimum atomic E-state index is -0.352. The van der Waals surface area contributed by atoms with Gasteiger partial charge in [-0.2, -0.15) is 5.10 Å². The number of nitrogens with zero attached hydrogens (tertiary/aromatic N) is 3. The van der Waals surface area contributed by atoms with Crippen LogP contribution >= 0.6 is 11.6 Å². The number of fused-ring (bicyclic) bond motifs is 1. The molecule has 0 saturated carbocycles. The highest BCUT2D eigenvalue weighted by Crippen LogP contribution is 2.31. The van der Waals surface area contributed by atoms with Crippen LogP contribution in [-0.4, -0.2) is 34.9 Å². The number of benzene rings is 2. The van der Waals surface area contributed by atoms with E-state index in [9.17, 15) is 9.59 Å². The van der Waals surface area contributed by atoms with E-state index in [1.165, 1.54) is 0 Å². The summed E-state index contributed by atoms with van der Waals surface area (Å²) in [6.07, 6.45) is 2.52. The highest BCUT2D eigenvalue weighted by atomic mass is 35.5. The Morgan fingerprint density at radius 2 is 1.90 bits per heavy atom. The third-order valence-electron chi connectivity index (χ3n) is 5.26. The van der Waals surface area contributed by atoms with Crippen molar-refractivity contribution < 1.29 is 9.59 Å². The molecular weight excluding hydrogens is 400 g/mol. The van der Waals surface area contributed by atoms with Crippen molar-refractivity contribution in [3.05, 3.63) is 75.1 Å². The normalized spacial score (nSPS) is 13.2. The number of carbonyl (C=O) groups is 2. The molecule has 4 rings (SSSR count). The third kappa shape index (κ3) is 3.44. The lowest BCUT2D eigenvalue weighted by Gasteiger charge is -2.10. The lowest BCUT2D eigenvalue weighted by Crippen LogP contribution is -2.19. The van der Waals surface area contributed by atoms with Crippen LogP contribution in [0.1, 0.15) is 50.2 Å². The second-order valence-electron chi connectivity index (χ2n) is 7.21. The van der Waals surface area contributed by atoms with E-state index in [2.05, 4.69) is 17.2 Å². The summed E-state index contributed by atoms with van der Waals surface area (Å²) in [4.78, 5) is 27.8. The van der Waals surface area contributed by atoms with Gasteiger partial charge in [0.05, 0.1) is 23.4 Å². The summed E-state index contributed by atoms with van der Waals surface area (Å²) < 4.78 is 1.95. The van der Waals surface area contributed by atoms with E-state index in [-0.39, 0.29) is 11.8 Å². The Labute approximate surface area is 179 Å². The minimum Gasteiger partial charge on any atom is -0.296 e. The number of imide groups is 1. The van der Waals surface area contributed by atoms with Crippen molar-refractivity contribution >= 4 is 29.6 Å². The molecular formula is C23H21ClN4O2. The maximum absolute atomic E-state index is 12.0. The Morgan fingerprint density at radius 1 is 1.13 bits per heavy atom. The maximum Gasteiger partial charge on any atom is 0.258 e. The van der Waals surface area contributed by atoms with Crippen molar-refractivity contribution in [1.82, 2.24) is 15.1 Å². The van der Waals surface area contributed by atoms with E-state index in [1.807, 2.05) is 35.9 Å². The maximum atomic E-state index is 12.0. The Hall–Kier alpha value is -3.25. The van der Waals surface area contributed by atoms with Gasteiger partial charge in [0.2, 0.25) is 0 Å². The average Bonchev–Trinajstić information content (AvgIpc) is 3.18. The van der Waals surface area contributed by atoms with E-state index < -0.39 is 0 Å². The molecule has 1 N–H and O–H groups in total. The van der Waals surface area contributed by atoms with Gasteiger partial charge in [0, 0.05) is 35.1 Å². The number of hydrogen-bond donors (Lipinski definition) is 1. The van der Waals surface area contributed by atoms with Gasteiger partial charge in [0.1, 0.15) is 0 Å². The second-order valence-corrected chi connectivity index (χ2v) is 7.61. The van der Waals surface area contributed by atoms with E-state index in [1.54, 1.807) is 25.4 Å². The van der Waals surface area contributed by atoms with Crippen molar-refractivity contribution in [2.24, 2.45) is 4.99 Å². The first-order valence-electron chi connectivity index (χ1n) is 9.70. The molecule has 0 saturated heterocycles. The van der Waals surface area contributed by atoms with Crippen LogP contribution in [0.3, 0.4) is 0 Å². The van der Waals surface area contributed by atoms with Gasteiger partial charge >= 0.3 is 0 Å². The van der Waals surface area contributed by atoms with Crippen molar-refractivity contribution in [3.63, 3.8) is 0 Å². The molecule has 0 spiro atoms. The fraction of sp³-hybridized carbons (Fsp3) is 0.217. The number of aryl methyl sites for hydroxylation is 1. The molecule has 0 aliphatic carbocycles. The summed E-state index contributed by atoms with van der Waals surface area (Å²) in [5, 5.41) is 7.72. The number of hydrogen-bond acceptors (Lipinski definition) is 4. The van der Waals surface area contributed by atoms with Crippen LogP contribution in [0.15, 0.2) is 41.4 Å². The third-order valence-corrected chi connectivity index (χ3v) is 5.58. The molecule has 1 aliphatic heterocycles. The van der Waals surface area contributed by atoms with Crippen LogP contribution < -0.4 is 5.32 Å². The van der Waals surface area contributed by atoms with Gasteiger partial charge in [0.25, 0.3) is 11.8 Å². The molecule has 0 unspecified atom stereocenters. The van der Waals surface area contributed by atoms with E-state index in [0.29, 0.717) is 22.7 Å². The highest BCUT2D eigenvalue weighted by molar-refractivity contribution is 6.33. The summed E-state index contributed by atoms with van der Waals surface area (Å²) >= 11 is 6.44. The van der Waals surface area contributed by atoms with Crippen molar-refractivity contribution in [3.8, 4) is 11.1 Å². The molecule has 152 valence electrons. The second kappa shape index (κ2) is 7.88. The van der Waals surface area contributed by atoms with Gasteiger partial charge in [-0.05, 0) is 42.7 Å². The quantitative estimate of drug-likeness (QED) is 0.499. The number of rotatable bonds is 5. The van der Waals surface area contributed by atoms with E-state index in [0.717, 1.165) is 40.1 Å². The Kier molecular flexibility index (Phi) is 5.26. The van der Waals surface area contributed by atoms with Crippen molar-refractivity contribution in [2.45, 2.75) is 26.8 Å². The summed E-state index contributed by atoms with van der Waals surface area (Å²) in [5.74, 6) is -0.697. The molecule has 7 heteroatoms. The molecule has 2 heterocycles. The van der Waals surface area contributed by atoms with Crippen LogP contribution in [0.2, 0.25) is 5.02 Å². The first-order valence-corrected chi connectivity index (χ1v) is 10.1. The highest BCUT2D eigenvalue weighted by Gasteiger charge is 2.27. The van der Waals surface area contributed by atoms with Crippen molar-refractivity contribution in [1.29, 1.82) is 0 Å². The predicted octanol–water partition coefficient (Wildman–Crippen LogP) is 4.05. The van der Waals surface area contributed by atoms with Gasteiger partial charge in [0.15, 0.2) is 0 Å². The fourth-order valence-corrected chi connectivity index (χ4v) is 4.14. The van der Waals surface area contributed by atoms with Crippen LogP contribution in [0.4, 0.5) is 0 Å². The molecule has 0 fully saturated rings. The smallest absolute Gasteiger partial charge is 0.258 e. The molecule has 2 amide bonds. The van der Waals surface area contributed by atoms with Crippen LogP contribution in [0, 0.1) is 6.92 Å². The van der Waals surface area contributed by atoms with Crippen molar-refractivity contribution in [2.75, 3.05) is 7.05 Å². The molecule has 0 radical (unpaired) electrons. The van der Waals surface area contributed by atoms with Gasteiger partial charge < -0.3 is 0 Å². The summed E-state index contributed by atoms with van der Waals surface area (Å²) in [5.41, 5.74) is 6.69. The molecule has 3 aromatic rings. The number of aromatic nitrogens is 2. The first-order chi connectivity index (χ1) is 14.4. The molecule has 1 aromatic heterocycles. The van der Waals surface area contributed by atoms with Gasteiger partial charge in [-0.1, -0.05) is 36.7 Å². The number of nitrogens with one attached hydrogen (secondary N) is 1. The zero-order chi connectivity index (χ0) is 21.4. The molecule has 0 atom stereocenters.